The molecule has 0 aliphatic rings. The molecule has 0 aliphatic heterocycles. The Morgan fingerprint density at radius 3 is 2.74 bits per heavy atom. The van der Waals surface area contributed by atoms with Crippen LogP contribution in [-0.4, -0.2) is 70.0 Å². The lowest BCUT2D eigenvalue weighted by Gasteiger charge is -2.21. The Kier molecular flexibility index (Phi) is 16.2. The van der Waals surface area contributed by atoms with Crippen LogP contribution in [0, 0.1) is 0 Å². The monoisotopic (exact) mass is 514 g/mol. The summed E-state index contributed by atoms with van der Waals surface area (Å²) in [6.45, 7) is 8.49. The fraction of sp³-hybridized carbons (Fsp3) is 0.778. The Morgan fingerprint density at radius 1 is 1.30 bits per heavy atom. The molecule has 0 amide bonds. The molecule has 0 spiro atoms. The average Bonchev–Trinajstić information content (AvgIpc) is 3.10. The van der Waals surface area contributed by atoms with Gasteiger partial charge in [0.15, 0.2) is 5.96 Å². The second-order valence-electron chi connectivity index (χ2n) is 5.96. The molecule has 1 heterocycles. The van der Waals surface area contributed by atoms with Crippen molar-refractivity contribution in [3.8, 4) is 0 Å². The normalized spacial score (nSPS) is 12.6. The number of methoxy groups -OCH3 is 2. The number of hydrogen-bond donors (Lipinski definition) is 1. The van der Waals surface area contributed by atoms with Gasteiger partial charge in [-0.3, -0.25) is 4.99 Å². The molecule has 7 nitrogen and oxygen atoms in total. The fourth-order valence-electron chi connectivity index (χ4n) is 2.22. The first-order chi connectivity index (χ1) is 12.6. The van der Waals surface area contributed by atoms with Gasteiger partial charge in [0.05, 0.1) is 25.5 Å². The molecule has 0 saturated heterocycles. The van der Waals surface area contributed by atoms with Crippen LogP contribution in [0.5, 0.6) is 0 Å². The van der Waals surface area contributed by atoms with Crippen LogP contribution in [0.3, 0.4) is 0 Å². The molecule has 0 aromatic carbocycles. The summed E-state index contributed by atoms with van der Waals surface area (Å²) in [7, 11) is 5.42. The largest absolute Gasteiger partial charge is 0.382 e. The molecule has 0 fully saturated rings. The maximum atomic E-state index is 5.47. The van der Waals surface area contributed by atoms with Crippen LogP contribution >= 0.6 is 35.3 Å². The fourth-order valence-corrected chi connectivity index (χ4v) is 3.06. The van der Waals surface area contributed by atoms with Crippen molar-refractivity contribution >= 4 is 41.3 Å². The van der Waals surface area contributed by atoms with Crippen LogP contribution in [0.1, 0.15) is 43.5 Å². The average molecular weight is 514 g/mol. The van der Waals surface area contributed by atoms with Crippen LogP contribution in [0.15, 0.2) is 10.4 Å². The van der Waals surface area contributed by atoms with Crippen LogP contribution in [0.2, 0.25) is 0 Å². The molecular formula is C18H35IN4O3S. The van der Waals surface area contributed by atoms with Crippen molar-refractivity contribution in [1.82, 2.24) is 15.2 Å². The van der Waals surface area contributed by atoms with Crippen molar-refractivity contribution in [2.24, 2.45) is 4.99 Å². The summed E-state index contributed by atoms with van der Waals surface area (Å²) in [5.74, 6) is 0.905. The molecule has 0 bridgehead atoms. The molecule has 0 saturated carbocycles. The number of thiazole rings is 1. The van der Waals surface area contributed by atoms with E-state index in [1.807, 2.05) is 14.0 Å². The molecule has 158 valence electrons. The molecular weight excluding hydrogens is 479 g/mol. The maximum Gasteiger partial charge on any atom is 0.194 e. The van der Waals surface area contributed by atoms with E-state index in [2.05, 4.69) is 27.5 Å². The molecule has 0 aliphatic carbocycles. The number of ether oxygens (including phenoxy) is 3. The third-order valence-electron chi connectivity index (χ3n) is 3.76. The van der Waals surface area contributed by atoms with Gasteiger partial charge in [-0.25, -0.2) is 4.98 Å². The van der Waals surface area contributed by atoms with E-state index in [9.17, 15) is 0 Å². The molecule has 1 unspecified atom stereocenters. The summed E-state index contributed by atoms with van der Waals surface area (Å²) in [6, 6.07) is 0. The van der Waals surface area contributed by atoms with E-state index in [0.717, 1.165) is 55.7 Å². The van der Waals surface area contributed by atoms with E-state index in [4.69, 9.17) is 19.2 Å². The van der Waals surface area contributed by atoms with Gasteiger partial charge in [-0.15, -0.1) is 35.3 Å². The van der Waals surface area contributed by atoms with Gasteiger partial charge < -0.3 is 24.4 Å². The van der Waals surface area contributed by atoms with Crippen molar-refractivity contribution in [3.63, 3.8) is 0 Å². The quantitative estimate of drug-likeness (QED) is 0.189. The van der Waals surface area contributed by atoms with Crippen molar-refractivity contribution in [3.05, 3.63) is 16.1 Å². The second-order valence-corrected chi connectivity index (χ2v) is 6.85. The standard InChI is InChI=1S/C18H34N4O3S.HI/c1-6-19-18(20-9-7-8-10-25-12-11-23-4)22(3)13-16-14-26-17(21-16)15(2)24-5;/h14-15H,6-13H2,1-5H3,(H,19,20);1H. The van der Waals surface area contributed by atoms with Crippen LogP contribution < -0.4 is 5.32 Å². The Balaban J connectivity index is 0.00000676. The van der Waals surface area contributed by atoms with Crippen molar-refractivity contribution in [2.45, 2.75) is 39.3 Å². The zero-order chi connectivity index (χ0) is 19.2. The van der Waals surface area contributed by atoms with E-state index in [-0.39, 0.29) is 30.1 Å². The summed E-state index contributed by atoms with van der Waals surface area (Å²) in [5.41, 5.74) is 1.04. The number of nitrogens with one attached hydrogen (secondary N) is 1. The lowest BCUT2D eigenvalue weighted by atomic mass is 10.3. The van der Waals surface area contributed by atoms with Crippen molar-refractivity contribution in [2.75, 3.05) is 54.2 Å². The van der Waals surface area contributed by atoms with Gasteiger partial charge in [-0.2, -0.15) is 0 Å². The smallest absolute Gasteiger partial charge is 0.194 e. The Hall–Kier alpha value is -0.490. The number of hydrogen-bond acceptors (Lipinski definition) is 6. The zero-order valence-electron chi connectivity index (χ0n) is 17.2. The second kappa shape index (κ2) is 16.5. The number of guanidine groups is 1. The summed E-state index contributed by atoms with van der Waals surface area (Å²) in [6.07, 6.45) is 2.04. The third-order valence-corrected chi connectivity index (χ3v) is 4.81. The molecule has 1 atom stereocenters. The third kappa shape index (κ3) is 11.2. The highest BCUT2D eigenvalue weighted by Gasteiger charge is 2.12. The molecule has 9 heteroatoms. The first-order valence-electron chi connectivity index (χ1n) is 9.15. The molecule has 1 rings (SSSR count). The minimum atomic E-state index is 0. The van der Waals surface area contributed by atoms with E-state index < -0.39 is 0 Å². The molecule has 1 aromatic rings. The predicted molar refractivity (Wildman–Crippen MR) is 122 cm³/mol. The highest BCUT2D eigenvalue weighted by molar-refractivity contribution is 14.0. The van der Waals surface area contributed by atoms with Crippen LogP contribution in [0.4, 0.5) is 0 Å². The zero-order valence-corrected chi connectivity index (χ0v) is 20.3. The summed E-state index contributed by atoms with van der Waals surface area (Å²) in [5, 5.41) is 6.43. The number of aromatic nitrogens is 1. The number of aliphatic imine (C=N–C) groups is 1. The van der Waals surface area contributed by atoms with Gasteiger partial charge in [0.25, 0.3) is 0 Å². The molecule has 1 N–H and O–H groups in total. The van der Waals surface area contributed by atoms with E-state index in [0.29, 0.717) is 13.2 Å². The van der Waals surface area contributed by atoms with Crippen molar-refractivity contribution < 1.29 is 14.2 Å². The van der Waals surface area contributed by atoms with E-state index in [1.165, 1.54) is 0 Å². The highest BCUT2D eigenvalue weighted by Crippen LogP contribution is 2.20. The minimum absolute atomic E-state index is 0. The summed E-state index contributed by atoms with van der Waals surface area (Å²) in [4.78, 5) is 11.5. The van der Waals surface area contributed by atoms with E-state index in [1.54, 1.807) is 25.6 Å². The molecule has 27 heavy (non-hydrogen) atoms. The Morgan fingerprint density at radius 2 is 2.07 bits per heavy atom. The Labute approximate surface area is 184 Å². The lowest BCUT2D eigenvalue weighted by Crippen LogP contribution is -2.38. The van der Waals surface area contributed by atoms with Crippen LogP contribution in [-0.2, 0) is 20.8 Å². The van der Waals surface area contributed by atoms with Gasteiger partial charge >= 0.3 is 0 Å². The maximum absolute atomic E-state index is 5.47. The van der Waals surface area contributed by atoms with Gasteiger partial charge in [-0.1, -0.05) is 0 Å². The number of halogens is 1. The summed E-state index contributed by atoms with van der Waals surface area (Å²) >= 11 is 1.64. The first kappa shape index (κ1) is 26.5. The van der Waals surface area contributed by atoms with E-state index >= 15 is 0 Å². The van der Waals surface area contributed by atoms with Gasteiger partial charge in [0, 0.05) is 46.3 Å². The molecule has 0 radical (unpaired) electrons. The van der Waals surface area contributed by atoms with Gasteiger partial charge in [0.1, 0.15) is 11.1 Å². The van der Waals surface area contributed by atoms with Gasteiger partial charge in [-0.05, 0) is 26.7 Å². The predicted octanol–water partition coefficient (Wildman–Crippen LogP) is 3.31. The summed E-state index contributed by atoms with van der Waals surface area (Å²) < 4.78 is 15.7. The topological polar surface area (TPSA) is 68.2 Å². The van der Waals surface area contributed by atoms with Crippen molar-refractivity contribution in [1.29, 1.82) is 0 Å². The molecule has 1 aromatic heterocycles. The SMILES string of the molecule is CCNC(=NCCCCOCCOC)N(C)Cc1csc(C(C)OC)n1.I. The minimum Gasteiger partial charge on any atom is -0.382 e. The number of rotatable bonds is 13. The first-order valence-corrected chi connectivity index (χ1v) is 10.0. The van der Waals surface area contributed by atoms with Gasteiger partial charge in [0.2, 0.25) is 0 Å². The number of nitrogens with zero attached hydrogens (tertiary/aromatic N) is 3. The lowest BCUT2D eigenvalue weighted by molar-refractivity contribution is 0.0690. The van der Waals surface area contributed by atoms with Crippen LogP contribution in [0.25, 0.3) is 0 Å². The number of unbranched alkanes of at least 4 members (excludes halogenated alkanes) is 1. The highest BCUT2D eigenvalue weighted by atomic mass is 127. The Bertz CT molecular complexity index is 517.